The van der Waals surface area contributed by atoms with E-state index in [2.05, 4.69) is 5.32 Å². The number of nitrogens with zero attached hydrogens (tertiary/aromatic N) is 1. The maximum absolute atomic E-state index is 10.9. The molecule has 0 aromatic rings. The molecule has 12 heavy (non-hydrogen) atoms. The predicted molar refractivity (Wildman–Crippen MR) is 50.9 cm³/mol. The van der Waals surface area contributed by atoms with Gasteiger partial charge in [0, 0.05) is 14.1 Å². The van der Waals surface area contributed by atoms with Gasteiger partial charge < -0.3 is 15.0 Å². The third-order valence-electron chi connectivity index (χ3n) is 1.23. The standard InChI is InChI=1S/C7H14N2O2S/c1-4-11-6(10)5-9(3)7(12)8-2/h4-5H2,1-3H3,(H,8,12). The Kier molecular flexibility index (Phi) is 5.36. The molecule has 0 aromatic carbocycles. The quantitative estimate of drug-likeness (QED) is 0.500. The molecule has 0 fully saturated rings. The van der Waals surface area contributed by atoms with Crippen molar-refractivity contribution >= 4 is 23.3 Å². The third kappa shape index (κ3) is 4.12. The highest BCUT2D eigenvalue weighted by Crippen LogP contribution is 1.86. The Morgan fingerprint density at radius 3 is 2.67 bits per heavy atom. The highest BCUT2D eigenvalue weighted by molar-refractivity contribution is 7.80. The number of hydrogen-bond donors (Lipinski definition) is 1. The van der Waals surface area contributed by atoms with E-state index in [0.29, 0.717) is 11.7 Å². The Bertz CT molecular complexity index is 173. The second-order valence-corrected chi connectivity index (χ2v) is 2.60. The Labute approximate surface area is 77.9 Å². The van der Waals surface area contributed by atoms with Gasteiger partial charge in [0.05, 0.1) is 6.61 Å². The number of nitrogens with one attached hydrogen (secondary N) is 1. The molecular weight excluding hydrogens is 176 g/mol. The molecular formula is C7H14N2O2S. The van der Waals surface area contributed by atoms with E-state index in [-0.39, 0.29) is 12.5 Å². The van der Waals surface area contributed by atoms with E-state index in [1.54, 1.807) is 25.9 Å². The summed E-state index contributed by atoms with van der Waals surface area (Å²) in [7, 11) is 3.44. The molecule has 4 nitrogen and oxygen atoms in total. The van der Waals surface area contributed by atoms with Crippen molar-refractivity contribution in [2.75, 3.05) is 27.2 Å². The smallest absolute Gasteiger partial charge is 0.325 e. The number of carbonyl (C=O) groups excluding carboxylic acids is 1. The van der Waals surface area contributed by atoms with E-state index in [0.717, 1.165) is 0 Å². The normalized spacial score (nSPS) is 8.92. The lowest BCUT2D eigenvalue weighted by Crippen LogP contribution is -2.38. The molecule has 5 heteroatoms. The molecule has 0 unspecified atom stereocenters. The molecule has 0 aliphatic heterocycles. The molecule has 0 aromatic heterocycles. The van der Waals surface area contributed by atoms with Crippen LogP contribution in [0.3, 0.4) is 0 Å². The van der Waals surface area contributed by atoms with Gasteiger partial charge in [-0.05, 0) is 19.1 Å². The fraction of sp³-hybridized carbons (Fsp3) is 0.714. The van der Waals surface area contributed by atoms with E-state index in [1.165, 1.54) is 0 Å². The van der Waals surface area contributed by atoms with E-state index in [9.17, 15) is 4.79 Å². The van der Waals surface area contributed by atoms with Crippen LogP contribution in [0.1, 0.15) is 6.92 Å². The molecule has 0 rings (SSSR count). The summed E-state index contributed by atoms with van der Waals surface area (Å²) < 4.78 is 4.74. The van der Waals surface area contributed by atoms with Crippen molar-refractivity contribution in [1.29, 1.82) is 0 Å². The summed E-state index contributed by atoms with van der Waals surface area (Å²) in [5.41, 5.74) is 0. The third-order valence-corrected chi connectivity index (χ3v) is 1.75. The molecule has 0 spiro atoms. The van der Waals surface area contributed by atoms with Gasteiger partial charge in [-0.25, -0.2) is 0 Å². The summed E-state index contributed by atoms with van der Waals surface area (Å²) in [6.45, 7) is 2.36. The lowest BCUT2D eigenvalue weighted by atomic mass is 10.6. The van der Waals surface area contributed by atoms with Crippen LogP contribution < -0.4 is 5.32 Å². The highest BCUT2D eigenvalue weighted by Gasteiger charge is 2.08. The summed E-state index contributed by atoms with van der Waals surface area (Å²) in [6, 6.07) is 0. The van der Waals surface area contributed by atoms with Gasteiger partial charge in [-0.3, -0.25) is 4.79 Å². The highest BCUT2D eigenvalue weighted by atomic mass is 32.1. The summed E-state index contributed by atoms with van der Waals surface area (Å²) in [6.07, 6.45) is 0. The molecule has 0 heterocycles. The molecule has 70 valence electrons. The van der Waals surface area contributed by atoms with Gasteiger partial charge in [-0.2, -0.15) is 0 Å². The first-order chi connectivity index (χ1) is 5.61. The summed E-state index contributed by atoms with van der Waals surface area (Å²) in [5.74, 6) is -0.266. The van der Waals surface area contributed by atoms with E-state index >= 15 is 0 Å². The molecule has 0 aliphatic carbocycles. The van der Waals surface area contributed by atoms with Crippen LogP contribution in [0.2, 0.25) is 0 Å². The minimum Gasteiger partial charge on any atom is -0.465 e. The van der Waals surface area contributed by atoms with Crippen molar-refractivity contribution in [3.05, 3.63) is 0 Å². The summed E-state index contributed by atoms with van der Waals surface area (Å²) in [4.78, 5) is 12.5. The van der Waals surface area contributed by atoms with E-state index < -0.39 is 0 Å². The van der Waals surface area contributed by atoms with Crippen LogP contribution in [0.15, 0.2) is 0 Å². The van der Waals surface area contributed by atoms with Crippen LogP contribution in [0.4, 0.5) is 0 Å². The van der Waals surface area contributed by atoms with Crippen LogP contribution in [0, 0.1) is 0 Å². The number of likely N-dealkylation sites (N-methyl/N-ethyl adjacent to an activating group) is 1. The van der Waals surface area contributed by atoms with Crippen molar-refractivity contribution in [2.24, 2.45) is 0 Å². The van der Waals surface area contributed by atoms with Crippen LogP contribution >= 0.6 is 12.2 Å². The summed E-state index contributed by atoms with van der Waals surface area (Å²) in [5, 5.41) is 3.29. The van der Waals surface area contributed by atoms with Crippen LogP contribution in [0.25, 0.3) is 0 Å². The lowest BCUT2D eigenvalue weighted by molar-refractivity contribution is -0.143. The second-order valence-electron chi connectivity index (χ2n) is 2.22. The minimum atomic E-state index is -0.266. The zero-order valence-corrected chi connectivity index (χ0v) is 8.40. The second kappa shape index (κ2) is 5.77. The molecule has 0 aliphatic rings. The maximum atomic E-state index is 10.9. The lowest BCUT2D eigenvalue weighted by Gasteiger charge is -2.17. The van der Waals surface area contributed by atoms with E-state index in [4.69, 9.17) is 17.0 Å². The van der Waals surface area contributed by atoms with Crippen molar-refractivity contribution in [1.82, 2.24) is 10.2 Å². The number of thiocarbonyl (C=S) groups is 1. The molecule has 0 saturated heterocycles. The van der Waals surface area contributed by atoms with Gasteiger partial charge >= 0.3 is 5.97 Å². The van der Waals surface area contributed by atoms with Crippen molar-refractivity contribution in [3.8, 4) is 0 Å². The van der Waals surface area contributed by atoms with Gasteiger partial charge in [0.25, 0.3) is 0 Å². The van der Waals surface area contributed by atoms with E-state index in [1.807, 2.05) is 0 Å². The Morgan fingerprint density at radius 2 is 2.25 bits per heavy atom. The minimum absolute atomic E-state index is 0.188. The Balaban J connectivity index is 3.75. The summed E-state index contributed by atoms with van der Waals surface area (Å²) >= 11 is 4.89. The van der Waals surface area contributed by atoms with Crippen LogP contribution in [0.5, 0.6) is 0 Å². The number of hydrogen-bond acceptors (Lipinski definition) is 3. The predicted octanol–water partition coefficient (Wildman–Crippen LogP) is -0.0144. The fourth-order valence-corrected chi connectivity index (χ4v) is 0.727. The first-order valence-electron chi connectivity index (χ1n) is 3.70. The van der Waals surface area contributed by atoms with Gasteiger partial charge in [-0.1, -0.05) is 0 Å². The zero-order valence-electron chi connectivity index (χ0n) is 7.59. The van der Waals surface area contributed by atoms with Gasteiger partial charge in [0.2, 0.25) is 0 Å². The van der Waals surface area contributed by atoms with Crippen LogP contribution in [-0.2, 0) is 9.53 Å². The molecule has 0 radical (unpaired) electrons. The molecule has 0 bridgehead atoms. The average molecular weight is 190 g/mol. The van der Waals surface area contributed by atoms with Crippen molar-refractivity contribution < 1.29 is 9.53 Å². The molecule has 0 amide bonds. The molecule has 0 atom stereocenters. The maximum Gasteiger partial charge on any atom is 0.325 e. The molecule has 1 N–H and O–H groups in total. The SMILES string of the molecule is CCOC(=O)CN(C)C(=S)NC. The number of rotatable bonds is 3. The number of esters is 1. The monoisotopic (exact) mass is 190 g/mol. The first-order valence-corrected chi connectivity index (χ1v) is 4.11. The molecule has 0 saturated carbocycles. The number of carbonyl (C=O) groups is 1. The number of ether oxygens (including phenoxy) is 1. The Hall–Kier alpha value is -0.840. The van der Waals surface area contributed by atoms with Crippen molar-refractivity contribution in [2.45, 2.75) is 6.92 Å². The zero-order chi connectivity index (χ0) is 9.56. The van der Waals surface area contributed by atoms with Crippen molar-refractivity contribution in [3.63, 3.8) is 0 Å². The van der Waals surface area contributed by atoms with Gasteiger partial charge in [-0.15, -0.1) is 0 Å². The largest absolute Gasteiger partial charge is 0.465 e. The fourth-order valence-electron chi connectivity index (χ4n) is 0.663. The Morgan fingerprint density at radius 1 is 1.67 bits per heavy atom. The van der Waals surface area contributed by atoms with Crippen LogP contribution in [-0.4, -0.2) is 43.2 Å². The topological polar surface area (TPSA) is 41.6 Å². The average Bonchev–Trinajstić information content (AvgIpc) is 2.03. The van der Waals surface area contributed by atoms with Gasteiger partial charge in [0.15, 0.2) is 5.11 Å². The first kappa shape index (κ1) is 11.2. The van der Waals surface area contributed by atoms with Gasteiger partial charge in [0.1, 0.15) is 6.54 Å².